The maximum Gasteiger partial charge on any atom is 0.315 e. The number of hydrogen-bond acceptors (Lipinski definition) is 4. The van der Waals surface area contributed by atoms with Crippen LogP contribution in [0.25, 0.3) is 0 Å². The lowest BCUT2D eigenvalue weighted by Gasteiger charge is -2.07. The number of rotatable bonds is 4. The van der Waals surface area contributed by atoms with Crippen LogP contribution in [0.5, 0.6) is 0 Å². The predicted octanol–water partition coefficient (Wildman–Crippen LogP) is 1.97. The van der Waals surface area contributed by atoms with Crippen LogP contribution >= 0.6 is 11.8 Å². The van der Waals surface area contributed by atoms with Gasteiger partial charge < -0.3 is 10.5 Å². The van der Waals surface area contributed by atoms with E-state index in [9.17, 15) is 4.79 Å². The van der Waals surface area contributed by atoms with E-state index in [2.05, 4.69) is 4.74 Å². The summed E-state index contributed by atoms with van der Waals surface area (Å²) in [7, 11) is 1.39. The van der Waals surface area contributed by atoms with Crippen LogP contribution in [0.1, 0.15) is 18.5 Å². The van der Waals surface area contributed by atoms with Crippen molar-refractivity contribution in [2.75, 3.05) is 12.9 Å². The molecular formula is C11H15NO2S. The summed E-state index contributed by atoms with van der Waals surface area (Å²) in [6.45, 7) is 1.93. The Balaban J connectivity index is 2.61. The van der Waals surface area contributed by atoms with E-state index in [-0.39, 0.29) is 12.0 Å². The van der Waals surface area contributed by atoms with Gasteiger partial charge in [0, 0.05) is 10.9 Å². The number of thioether (sulfide) groups is 1. The second-order valence-corrected chi connectivity index (χ2v) is 4.27. The van der Waals surface area contributed by atoms with Gasteiger partial charge in [0.25, 0.3) is 0 Å². The van der Waals surface area contributed by atoms with Gasteiger partial charge in [-0.15, -0.1) is 11.8 Å². The molecule has 0 aliphatic rings. The molecule has 3 nitrogen and oxygen atoms in total. The summed E-state index contributed by atoms with van der Waals surface area (Å²) in [4.78, 5) is 12.0. The molecule has 1 unspecified atom stereocenters. The molecule has 82 valence electrons. The third-order valence-corrected chi connectivity index (χ3v) is 2.94. The van der Waals surface area contributed by atoms with Crippen molar-refractivity contribution in [1.29, 1.82) is 0 Å². The van der Waals surface area contributed by atoms with Gasteiger partial charge in [-0.05, 0) is 24.6 Å². The van der Waals surface area contributed by atoms with Crippen molar-refractivity contribution in [2.24, 2.45) is 5.73 Å². The Hall–Kier alpha value is -1.00. The van der Waals surface area contributed by atoms with Gasteiger partial charge in [-0.25, -0.2) is 0 Å². The Morgan fingerprint density at radius 3 is 2.93 bits per heavy atom. The van der Waals surface area contributed by atoms with Crippen molar-refractivity contribution >= 4 is 17.7 Å². The fourth-order valence-corrected chi connectivity index (χ4v) is 1.89. The van der Waals surface area contributed by atoms with Crippen molar-refractivity contribution in [3.63, 3.8) is 0 Å². The molecule has 1 atom stereocenters. The zero-order chi connectivity index (χ0) is 11.3. The molecule has 0 aliphatic heterocycles. The predicted molar refractivity (Wildman–Crippen MR) is 61.8 cm³/mol. The highest BCUT2D eigenvalue weighted by Crippen LogP contribution is 2.21. The van der Waals surface area contributed by atoms with E-state index in [1.54, 1.807) is 0 Å². The van der Waals surface area contributed by atoms with E-state index in [1.807, 2.05) is 31.2 Å². The number of carbonyl (C=O) groups excluding carboxylic acids is 1. The fourth-order valence-electron chi connectivity index (χ4n) is 1.09. The Bertz CT molecular complexity index is 339. The van der Waals surface area contributed by atoms with E-state index >= 15 is 0 Å². The molecule has 0 aliphatic carbocycles. The molecule has 1 aromatic rings. The number of methoxy groups -OCH3 is 1. The van der Waals surface area contributed by atoms with Crippen molar-refractivity contribution in [1.82, 2.24) is 0 Å². The van der Waals surface area contributed by atoms with Gasteiger partial charge in [-0.2, -0.15) is 0 Å². The first-order valence-electron chi connectivity index (χ1n) is 4.68. The largest absolute Gasteiger partial charge is 0.468 e. The molecule has 0 fully saturated rings. The van der Waals surface area contributed by atoms with Gasteiger partial charge in [-0.3, -0.25) is 4.79 Å². The molecule has 0 bridgehead atoms. The quantitative estimate of drug-likeness (QED) is 0.628. The van der Waals surface area contributed by atoms with Gasteiger partial charge in [0.1, 0.15) is 0 Å². The highest BCUT2D eigenvalue weighted by Gasteiger charge is 2.04. The Morgan fingerprint density at radius 2 is 2.33 bits per heavy atom. The van der Waals surface area contributed by atoms with Gasteiger partial charge in [0.15, 0.2) is 0 Å². The SMILES string of the molecule is COC(=O)CSc1cccc(C(C)N)c1. The van der Waals surface area contributed by atoms with Crippen molar-refractivity contribution in [2.45, 2.75) is 17.9 Å². The summed E-state index contributed by atoms with van der Waals surface area (Å²) in [5.41, 5.74) is 6.84. The van der Waals surface area contributed by atoms with Crippen LogP contribution in [0.4, 0.5) is 0 Å². The Kier molecular flexibility index (Phi) is 4.65. The number of nitrogens with two attached hydrogens (primary N) is 1. The third-order valence-electron chi connectivity index (χ3n) is 1.97. The topological polar surface area (TPSA) is 52.3 Å². The molecule has 0 amide bonds. The van der Waals surface area contributed by atoms with E-state index in [4.69, 9.17) is 5.73 Å². The van der Waals surface area contributed by atoms with Crippen molar-refractivity contribution in [3.8, 4) is 0 Å². The highest BCUT2D eigenvalue weighted by atomic mass is 32.2. The molecule has 0 saturated heterocycles. The third kappa shape index (κ3) is 3.93. The normalized spacial score (nSPS) is 12.2. The average Bonchev–Trinajstić information content (AvgIpc) is 2.26. The number of ether oxygens (including phenoxy) is 1. The van der Waals surface area contributed by atoms with E-state index in [0.717, 1.165) is 10.5 Å². The molecule has 0 radical (unpaired) electrons. The molecule has 1 aromatic carbocycles. The summed E-state index contributed by atoms with van der Waals surface area (Å²) >= 11 is 1.45. The summed E-state index contributed by atoms with van der Waals surface area (Å²) in [5.74, 6) is 0.116. The Morgan fingerprint density at radius 1 is 1.60 bits per heavy atom. The van der Waals surface area contributed by atoms with Crippen LogP contribution < -0.4 is 5.73 Å². The van der Waals surface area contributed by atoms with E-state index in [1.165, 1.54) is 18.9 Å². The first-order chi connectivity index (χ1) is 7.13. The molecule has 0 aromatic heterocycles. The van der Waals surface area contributed by atoms with Crippen LogP contribution in [0.2, 0.25) is 0 Å². The maximum absolute atomic E-state index is 10.9. The van der Waals surface area contributed by atoms with Crippen LogP contribution in [0, 0.1) is 0 Å². The standard InChI is InChI=1S/C11H15NO2S/c1-8(12)9-4-3-5-10(6-9)15-7-11(13)14-2/h3-6,8H,7,12H2,1-2H3. The summed E-state index contributed by atoms with van der Waals surface area (Å²) in [5, 5.41) is 0. The minimum Gasteiger partial charge on any atom is -0.468 e. The molecule has 15 heavy (non-hydrogen) atoms. The van der Waals surface area contributed by atoms with Crippen LogP contribution in [-0.2, 0) is 9.53 Å². The van der Waals surface area contributed by atoms with Crippen molar-refractivity contribution in [3.05, 3.63) is 29.8 Å². The molecule has 1 rings (SSSR count). The molecular weight excluding hydrogens is 210 g/mol. The monoisotopic (exact) mass is 225 g/mol. The first kappa shape index (κ1) is 12.1. The summed E-state index contributed by atoms with van der Waals surface area (Å²) < 4.78 is 4.57. The zero-order valence-corrected chi connectivity index (χ0v) is 9.71. The first-order valence-corrected chi connectivity index (χ1v) is 5.67. The molecule has 0 spiro atoms. The zero-order valence-electron chi connectivity index (χ0n) is 8.90. The highest BCUT2D eigenvalue weighted by molar-refractivity contribution is 8.00. The fraction of sp³-hybridized carbons (Fsp3) is 0.364. The van der Waals surface area contributed by atoms with Gasteiger partial charge >= 0.3 is 5.97 Å². The molecule has 4 heteroatoms. The average molecular weight is 225 g/mol. The molecule has 2 N–H and O–H groups in total. The minimum atomic E-state index is -0.216. The van der Waals surface area contributed by atoms with Crippen LogP contribution in [-0.4, -0.2) is 18.8 Å². The van der Waals surface area contributed by atoms with Crippen LogP contribution in [0.15, 0.2) is 29.2 Å². The Labute approximate surface area is 94.0 Å². The molecule has 0 saturated carbocycles. The lowest BCUT2D eigenvalue weighted by molar-refractivity contribution is -0.137. The van der Waals surface area contributed by atoms with Gasteiger partial charge in [-0.1, -0.05) is 12.1 Å². The number of hydrogen-bond donors (Lipinski definition) is 1. The lowest BCUT2D eigenvalue weighted by atomic mass is 10.1. The number of benzene rings is 1. The van der Waals surface area contributed by atoms with Crippen molar-refractivity contribution < 1.29 is 9.53 Å². The second kappa shape index (κ2) is 5.78. The number of carbonyl (C=O) groups is 1. The van der Waals surface area contributed by atoms with E-state index in [0.29, 0.717) is 5.75 Å². The number of esters is 1. The van der Waals surface area contributed by atoms with Crippen LogP contribution in [0.3, 0.4) is 0 Å². The summed E-state index contributed by atoms with van der Waals surface area (Å²) in [6.07, 6.45) is 0. The molecule has 0 heterocycles. The lowest BCUT2D eigenvalue weighted by Crippen LogP contribution is -2.05. The maximum atomic E-state index is 10.9. The van der Waals surface area contributed by atoms with E-state index < -0.39 is 0 Å². The van der Waals surface area contributed by atoms with Gasteiger partial charge in [0.05, 0.1) is 12.9 Å². The smallest absolute Gasteiger partial charge is 0.315 e. The van der Waals surface area contributed by atoms with Gasteiger partial charge in [0.2, 0.25) is 0 Å². The summed E-state index contributed by atoms with van der Waals surface area (Å²) in [6, 6.07) is 7.90. The second-order valence-electron chi connectivity index (χ2n) is 3.23. The minimum absolute atomic E-state index is 0.0173.